The Morgan fingerprint density at radius 1 is 1.28 bits per heavy atom. The molecule has 0 saturated heterocycles. The number of benzene rings is 1. The van der Waals surface area contributed by atoms with Gasteiger partial charge in [-0.3, -0.25) is 0 Å². The predicted octanol–water partition coefficient (Wildman–Crippen LogP) is 3.57. The van der Waals surface area contributed by atoms with E-state index in [4.69, 9.17) is 5.26 Å². The van der Waals surface area contributed by atoms with Gasteiger partial charge in [-0.15, -0.1) is 0 Å². The highest BCUT2D eigenvalue weighted by Gasteiger charge is 2.38. The maximum atomic E-state index is 9.10. The third-order valence-electron chi connectivity index (χ3n) is 4.40. The molecule has 0 amide bonds. The van der Waals surface area contributed by atoms with E-state index in [0.29, 0.717) is 12.0 Å². The summed E-state index contributed by atoms with van der Waals surface area (Å²) in [6.07, 6.45) is 7.38. The lowest BCUT2D eigenvalue weighted by Gasteiger charge is -2.27. The van der Waals surface area contributed by atoms with Crippen LogP contribution in [0, 0.1) is 29.1 Å². The highest BCUT2D eigenvalue weighted by atomic mass is 14.9. The van der Waals surface area contributed by atoms with E-state index in [1.165, 1.54) is 12.8 Å². The predicted molar refractivity (Wildman–Crippen MR) is 73.1 cm³/mol. The van der Waals surface area contributed by atoms with Gasteiger partial charge in [-0.1, -0.05) is 24.3 Å². The molecule has 18 heavy (non-hydrogen) atoms. The van der Waals surface area contributed by atoms with Crippen LogP contribution in [0.1, 0.15) is 25.3 Å². The number of hydrogen-bond donors (Lipinski definition) is 1. The van der Waals surface area contributed by atoms with Gasteiger partial charge in [-0.25, -0.2) is 0 Å². The Morgan fingerprint density at radius 3 is 2.78 bits per heavy atom. The molecule has 0 radical (unpaired) electrons. The van der Waals surface area contributed by atoms with Gasteiger partial charge in [-0.2, -0.15) is 5.26 Å². The van der Waals surface area contributed by atoms with Crippen molar-refractivity contribution in [2.45, 2.75) is 25.8 Å². The first-order valence-corrected chi connectivity index (χ1v) is 6.72. The topological polar surface area (TPSA) is 35.8 Å². The van der Waals surface area contributed by atoms with Gasteiger partial charge in [0.15, 0.2) is 0 Å². The SMILES string of the molecule is CC(Nc1ccccc1C#N)C1CC2C=CC1C2. The fourth-order valence-electron chi connectivity index (χ4n) is 3.46. The van der Waals surface area contributed by atoms with E-state index in [1.807, 2.05) is 24.3 Å². The average molecular weight is 238 g/mol. The first-order chi connectivity index (χ1) is 8.78. The molecule has 1 fully saturated rings. The number of nitrogens with one attached hydrogen (secondary N) is 1. The lowest BCUT2D eigenvalue weighted by molar-refractivity contribution is 0.400. The lowest BCUT2D eigenvalue weighted by atomic mass is 9.87. The highest BCUT2D eigenvalue weighted by molar-refractivity contribution is 5.57. The number of fused-ring (bicyclic) bond motifs is 2. The van der Waals surface area contributed by atoms with Crippen molar-refractivity contribution in [3.05, 3.63) is 42.0 Å². The Labute approximate surface area is 108 Å². The summed E-state index contributed by atoms with van der Waals surface area (Å²) in [6.45, 7) is 2.24. The van der Waals surface area contributed by atoms with Crippen molar-refractivity contribution in [2.75, 3.05) is 5.32 Å². The molecular weight excluding hydrogens is 220 g/mol. The molecule has 0 spiro atoms. The average Bonchev–Trinajstić information content (AvgIpc) is 3.01. The van der Waals surface area contributed by atoms with Crippen LogP contribution < -0.4 is 5.32 Å². The van der Waals surface area contributed by atoms with Crippen LogP contribution in [-0.2, 0) is 0 Å². The zero-order valence-corrected chi connectivity index (χ0v) is 10.6. The molecule has 0 heterocycles. The fourth-order valence-corrected chi connectivity index (χ4v) is 3.46. The monoisotopic (exact) mass is 238 g/mol. The van der Waals surface area contributed by atoms with Gasteiger partial charge < -0.3 is 5.32 Å². The molecule has 0 aromatic heterocycles. The van der Waals surface area contributed by atoms with Gasteiger partial charge in [-0.05, 0) is 49.7 Å². The number of nitriles is 1. The Bertz CT molecular complexity index is 512. The highest BCUT2D eigenvalue weighted by Crippen LogP contribution is 2.45. The summed E-state index contributed by atoms with van der Waals surface area (Å²) in [5.41, 5.74) is 1.71. The molecule has 92 valence electrons. The zero-order valence-electron chi connectivity index (χ0n) is 10.6. The summed E-state index contributed by atoms with van der Waals surface area (Å²) < 4.78 is 0. The summed E-state index contributed by atoms with van der Waals surface area (Å²) in [5, 5.41) is 12.6. The molecular formula is C16H18N2. The lowest BCUT2D eigenvalue weighted by Crippen LogP contribution is -2.29. The molecule has 2 bridgehead atoms. The third kappa shape index (κ3) is 1.90. The minimum absolute atomic E-state index is 0.430. The van der Waals surface area contributed by atoms with Crippen molar-refractivity contribution >= 4 is 5.69 Å². The van der Waals surface area contributed by atoms with Crippen LogP contribution in [0.2, 0.25) is 0 Å². The van der Waals surface area contributed by atoms with Crippen molar-refractivity contribution in [3.63, 3.8) is 0 Å². The summed E-state index contributed by atoms with van der Waals surface area (Å²) >= 11 is 0. The molecule has 2 aliphatic rings. The summed E-state index contributed by atoms with van der Waals surface area (Å²) in [6, 6.07) is 10.4. The molecule has 2 heteroatoms. The van der Waals surface area contributed by atoms with Crippen LogP contribution in [0.25, 0.3) is 0 Å². The molecule has 1 saturated carbocycles. The minimum Gasteiger partial charge on any atom is -0.381 e. The molecule has 4 atom stereocenters. The summed E-state index contributed by atoms with van der Waals surface area (Å²) in [4.78, 5) is 0. The van der Waals surface area contributed by atoms with Gasteiger partial charge in [0.1, 0.15) is 6.07 Å². The number of anilines is 1. The molecule has 1 aromatic carbocycles. The van der Waals surface area contributed by atoms with Crippen LogP contribution in [0.3, 0.4) is 0 Å². The van der Waals surface area contributed by atoms with Gasteiger partial charge >= 0.3 is 0 Å². The molecule has 4 unspecified atom stereocenters. The van der Waals surface area contributed by atoms with Crippen LogP contribution in [0.5, 0.6) is 0 Å². The molecule has 1 N–H and O–H groups in total. The first kappa shape index (κ1) is 11.3. The van der Waals surface area contributed by atoms with E-state index in [0.717, 1.165) is 23.1 Å². The normalized spacial score (nSPS) is 30.1. The molecule has 3 rings (SSSR count). The van der Waals surface area contributed by atoms with Crippen LogP contribution in [0.4, 0.5) is 5.69 Å². The molecule has 0 aliphatic heterocycles. The Kier molecular flexibility index (Phi) is 2.83. The minimum atomic E-state index is 0.430. The van der Waals surface area contributed by atoms with E-state index in [9.17, 15) is 0 Å². The Balaban J connectivity index is 1.73. The second-order valence-electron chi connectivity index (χ2n) is 5.53. The largest absolute Gasteiger partial charge is 0.381 e. The quantitative estimate of drug-likeness (QED) is 0.817. The standard InChI is InChI=1S/C16H18N2/c1-11(15-9-12-6-7-13(15)8-12)18-16-5-3-2-4-14(16)10-17/h2-7,11-13,15,18H,8-9H2,1H3. The van der Waals surface area contributed by atoms with Crippen LogP contribution in [-0.4, -0.2) is 6.04 Å². The van der Waals surface area contributed by atoms with Crippen LogP contribution >= 0.6 is 0 Å². The Hall–Kier alpha value is -1.75. The van der Waals surface area contributed by atoms with Gasteiger partial charge in [0.05, 0.1) is 11.3 Å². The van der Waals surface area contributed by atoms with Gasteiger partial charge in [0, 0.05) is 6.04 Å². The van der Waals surface area contributed by atoms with E-state index >= 15 is 0 Å². The van der Waals surface area contributed by atoms with Gasteiger partial charge in [0.25, 0.3) is 0 Å². The fraction of sp³-hybridized carbons (Fsp3) is 0.438. The summed E-state index contributed by atoms with van der Waals surface area (Å²) in [5.74, 6) is 2.26. The maximum Gasteiger partial charge on any atom is 0.101 e. The maximum absolute atomic E-state index is 9.10. The van der Waals surface area contributed by atoms with Crippen molar-refractivity contribution in [1.29, 1.82) is 5.26 Å². The van der Waals surface area contributed by atoms with Crippen molar-refractivity contribution in [2.24, 2.45) is 17.8 Å². The Morgan fingerprint density at radius 2 is 2.11 bits per heavy atom. The number of nitrogens with zero attached hydrogens (tertiary/aromatic N) is 1. The van der Waals surface area contributed by atoms with Crippen LogP contribution in [0.15, 0.2) is 36.4 Å². The van der Waals surface area contributed by atoms with Crippen molar-refractivity contribution < 1.29 is 0 Å². The number of allylic oxidation sites excluding steroid dienone is 2. The van der Waals surface area contributed by atoms with Gasteiger partial charge in [0.2, 0.25) is 0 Å². The number of para-hydroxylation sites is 1. The number of rotatable bonds is 3. The number of hydrogen-bond acceptors (Lipinski definition) is 2. The van der Waals surface area contributed by atoms with Crippen molar-refractivity contribution in [3.8, 4) is 6.07 Å². The second kappa shape index (κ2) is 4.49. The molecule has 1 aromatic rings. The third-order valence-corrected chi connectivity index (χ3v) is 4.40. The zero-order chi connectivity index (χ0) is 12.5. The van der Waals surface area contributed by atoms with E-state index in [2.05, 4.69) is 30.5 Å². The molecule has 2 aliphatic carbocycles. The van der Waals surface area contributed by atoms with E-state index in [1.54, 1.807) is 0 Å². The molecule has 2 nitrogen and oxygen atoms in total. The second-order valence-corrected chi connectivity index (χ2v) is 5.53. The smallest absolute Gasteiger partial charge is 0.101 e. The summed E-state index contributed by atoms with van der Waals surface area (Å²) in [7, 11) is 0. The van der Waals surface area contributed by atoms with Crippen molar-refractivity contribution in [1.82, 2.24) is 0 Å². The van der Waals surface area contributed by atoms with E-state index in [-0.39, 0.29) is 0 Å². The van der Waals surface area contributed by atoms with E-state index < -0.39 is 0 Å². The first-order valence-electron chi connectivity index (χ1n) is 6.72.